The van der Waals surface area contributed by atoms with Gasteiger partial charge in [0.1, 0.15) is 0 Å². The van der Waals surface area contributed by atoms with Gasteiger partial charge in [0, 0.05) is 16.0 Å². The summed E-state index contributed by atoms with van der Waals surface area (Å²) in [6.07, 6.45) is 2.34. The van der Waals surface area contributed by atoms with Gasteiger partial charge in [-0.15, -0.1) is 5.06 Å². The summed E-state index contributed by atoms with van der Waals surface area (Å²) in [6, 6.07) is 5.11. The molecule has 0 saturated carbocycles. The molecule has 0 radical (unpaired) electrons. The van der Waals surface area contributed by atoms with Gasteiger partial charge >= 0.3 is 6.09 Å². The van der Waals surface area contributed by atoms with E-state index in [-0.39, 0.29) is 30.4 Å². The normalized spacial score (nSPS) is 10.7. The van der Waals surface area contributed by atoms with Crippen LogP contribution in [0, 0.1) is 0 Å². The Morgan fingerprint density at radius 3 is 2.46 bits per heavy atom. The molecule has 0 bridgehead atoms. The van der Waals surface area contributed by atoms with Crippen LogP contribution in [0.5, 0.6) is 5.75 Å². The molecule has 1 amide bonds. The zero-order valence-electron chi connectivity index (χ0n) is 14.4. The molecule has 0 aromatic heterocycles. The Morgan fingerprint density at radius 2 is 1.88 bits per heavy atom. The van der Waals surface area contributed by atoms with Crippen molar-refractivity contribution in [2.75, 3.05) is 19.8 Å². The van der Waals surface area contributed by atoms with Crippen LogP contribution >= 0.6 is 0 Å². The molecule has 26 heavy (non-hydrogen) atoms. The number of hydrogen-bond donors (Lipinski definition) is 1. The van der Waals surface area contributed by atoms with Gasteiger partial charge in [-0.05, 0) is 49.6 Å². The summed E-state index contributed by atoms with van der Waals surface area (Å²) in [5, 5.41) is 9.82. The molecule has 0 unspecified atom stereocenters. The van der Waals surface area contributed by atoms with E-state index in [1.54, 1.807) is 6.92 Å². The highest BCUT2D eigenvalue weighted by atomic mass is 32.2. The summed E-state index contributed by atoms with van der Waals surface area (Å²) in [5.74, 6) is 0.230. The number of sulfonamides is 1. The molecule has 0 saturated heterocycles. The van der Waals surface area contributed by atoms with Gasteiger partial charge in [0.25, 0.3) is 10.0 Å². The van der Waals surface area contributed by atoms with E-state index in [1.807, 2.05) is 0 Å². The van der Waals surface area contributed by atoms with Crippen molar-refractivity contribution in [3.63, 3.8) is 0 Å². The minimum Gasteiger partial charge on any atom is -0.448 e. The van der Waals surface area contributed by atoms with Crippen LogP contribution in [0.1, 0.15) is 32.6 Å². The Balaban J connectivity index is 2.77. The third kappa shape index (κ3) is 7.18. The number of azide groups is 1. The maximum atomic E-state index is 12.0. The second-order valence-corrected chi connectivity index (χ2v) is 6.73. The molecule has 1 N–H and O–H groups in total. The van der Waals surface area contributed by atoms with Crippen LogP contribution in [0.25, 0.3) is 10.4 Å². The SMILES string of the molecule is CCOC(=O)N(CCCCCCO)Oc1ccc(S(=O)(=O)N=[N+]=[N-])cc1. The molecule has 1 aromatic rings. The first-order valence-corrected chi connectivity index (χ1v) is 9.53. The van der Waals surface area contributed by atoms with Crippen LogP contribution in [-0.4, -0.2) is 44.4 Å². The van der Waals surface area contributed by atoms with Crippen molar-refractivity contribution in [2.24, 2.45) is 4.52 Å². The summed E-state index contributed by atoms with van der Waals surface area (Å²) in [6.45, 7) is 2.27. The van der Waals surface area contributed by atoms with Crippen molar-refractivity contribution in [1.82, 2.24) is 5.06 Å². The molecule has 0 aliphatic heterocycles. The van der Waals surface area contributed by atoms with Crippen molar-refractivity contribution in [3.8, 4) is 5.75 Å². The van der Waals surface area contributed by atoms with Crippen LogP contribution in [0.15, 0.2) is 33.7 Å². The molecule has 0 aliphatic rings. The first kappa shape index (κ1) is 21.6. The van der Waals surface area contributed by atoms with Gasteiger partial charge in [-0.3, -0.25) is 0 Å². The lowest BCUT2D eigenvalue weighted by atomic mass is 10.2. The number of rotatable bonds is 11. The lowest BCUT2D eigenvalue weighted by Gasteiger charge is -2.21. The molecule has 1 rings (SSSR count). The third-order valence-corrected chi connectivity index (χ3v) is 4.38. The number of amides is 1. The van der Waals surface area contributed by atoms with E-state index in [9.17, 15) is 13.2 Å². The van der Waals surface area contributed by atoms with Gasteiger partial charge in [0.15, 0.2) is 5.75 Å². The Hall–Kier alpha value is -2.49. The monoisotopic (exact) mass is 386 g/mol. The van der Waals surface area contributed by atoms with Crippen LogP contribution < -0.4 is 4.84 Å². The van der Waals surface area contributed by atoms with Gasteiger partial charge in [-0.2, -0.15) is 0 Å². The highest BCUT2D eigenvalue weighted by Gasteiger charge is 2.18. The average Bonchev–Trinajstić information content (AvgIpc) is 2.61. The van der Waals surface area contributed by atoms with Crippen LogP contribution in [-0.2, 0) is 14.8 Å². The highest BCUT2D eigenvalue weighted by molar-refractivity contribution is 7.90. The number of nitrogens with zero attached hydrogens (tertiary/aromatic N) is 4. The summed E-state index contributed by atoms with van der Waals surface area (Å²) in [5.41, 5.74) is 8.27. The maximum Gasteiger partial charge on any atom is 0.443 e. The second-order valence-electron chi connectivity index (χ2n) is 5.15. The fraction of sp³-hybridized carbons (Fsp3) is 0.533. The van der Waals surface area contributed by atoms with Gasteiger partial charge in [0.05, 0.1) is 18.0 Å². The van der Waals surface area contributed by atoms with Gasteiger partial charge < -0.3 is 14.7 Å². The first-order chi connectivity index (χ1) is 12.4. The summed E-state index contributed by atoms with van der Waals surface area (Å²) in [7, 11) is -4.08. The number of aliphatic hydroxyl groups excluding tert-OH is 1. The molecule has 0 fully saturated rings. The predicted molar refractivity (Wildman–Crippen MR) is 92.7 cm³/mol. The minimum absolute atomic E-state index is 0.128. The Labute approximate surface area is 152 Å². The summed E-state index contributed by atoms with van der Waals surface area (Å²) in [4.78, 5) is 19.5. The zero-order chi connectivity index (χ0) is 19.4. The molecule has 0 aliphatic carbocycles. The molecule has 1 aromatic carbocycles. The number of aliphatic hydroxyl groups is 1. The molecule has 0 heterocycles. The van der Waals surface area contributed by atoms with Crippen LogP contribution in [0.2, 0.25) is 0 Å². The van der Waals surface area contributed by atoms with Crippen molar-refractivity contribution in [3.05, 3.63) is 34.7 Å². The van der Waals surface area contributed by atoms with Crippen molar-refractivity contribution >= 4 is 16.1 Å². The van der Waals surface area contributed by atoms with E-state index in [2.05, 4.69) is 9.43 Å². The summed E-state index contributed by atoms with van der Waals surface area (Å²) >= 11 is 0. The van der Waals surface area contributed by atoms with Crippen molar-refractivity contribution in [2.45, 2.75) is 37.5 Å². The standard InChI is InChI=1S/C15H22N4O6S/c1-2-24-15(21)19(11-5-3-4-6-12-20)25-13-7-9-14(10-8-13)26(22,23)18-17-16/h7-10,20H,2-6,11-12H2,1H3. The number of hydrogen-bond acceptors (Lipinski definition) is 6. The fourth-order valence-corrected chi connectivity index (χ4v) is 2.66. The van der Waals surface area contributed by atoms with Gasteiger partial charge in [-0.1, -0.05) is 12.8 Å². The topological polar surface area (TPSA) is 142 Å². The average molecular weight is 386 g/mol. The van der Waals surface area contributed by atoms with E-state index in [1.165, 1.54) is 24.3 Å². The van der Waals surface area contributed by atoms with Crippen LogP contribution in [0.3, 0.4) is 0 Å². The fourth-order valence-electron chi connectivity index (χ4n) is 1.99. The largest absolute Gasteiger partial charge is 0.448 e. The highest BCUT2D eigenvalue weighted by Crippen LogP contribution is 2.19. The second kappa shape index (κ2) is 11.2. The lowest BCUT2D eigenvalue weighted by Crippen LogP contribution is -2.35. The minimum atomic E-state index is -4.08. The predicted octanol–water partition coefficient (Wildman–Crippen LogP) is 2.99. The van der Waals surface area contributed by atoms with Crippen molar-refractivity contribution < 1.29 is 27.9 Å². The number of hydroxylamine groups is 2. The smallest absolute Gasteiger partial charge is 0.443 e. The molecule has 0 atom stereocenters. The molecule has 11 heteroatoms. The number of carbonyl (C=O) groups excluding carboxylic acids is 1. The van der Waals surface area contributed by atoms with Crippen LogP contribution in [0.4, 0.5) is 4.79 Å². The summed E-state index contributed by atoms with van der Waals surface area (Å²) < 4.78 is 30.9. The molecular formula is C15H22N4O6S. The number of unbranched alkanes of at least 4 members (excludes halogenated alkanes) is 3. The van der Waals surface area contributed by atoms with Gasteiger partial charge in [0.2, 0.25) is 0 Å². The third-order valence-electron chi connectivity index (χ3n) is 3.22. The quantitative estimate of drug-likeness (QED) is 0.204. The zero-order valence-corrected chi connectivity index (χ0v) is 15.3. The van der Waals surface area contributed by atoms with E-state index in [0.29, 0.717) is 12.8 Å². The molecule has 10 nitrogen and oxygen atoms in total. The van der Waals surface area contributed by atoms with Crippen molar-refractivity contribution in [1.29, 1.82) is 0 Å². The molecule has 144 valence electrons. The maximum absolute atomic E-state index is 12.0. The number of ether oxygens (including phenoxy) is 1. The van der Waals surface area contributed by atoms with E-state index in [4.69, 9.17) is 20.2 Å². The van der Waals surface area contributed by atoms with E-state index >= 15 is 0 Å². The Morgan fingerprint density at radius 1 is 1.23 bits per heavy atom. The van der Waals surface area contributed by atoms with E-state index in [0.717, 1.165) is 17.9 Å². The number of carbonyl (C=O) groups is 1. The molecule has 0 spiro atoms. The first-order valence-electron chi connectivity index (χ1n) is 8.09. The van der Waals surface area contributed by atoms with E-state index < -0.39 is 16.1 Å². The lowest BCUT2D eigenvalue weighted by molar-refractivity contribution is -0.0479. The number of benzene rings is 1. The molecular weight excluding hydrogens is 364 g/mol. The Kier molecular flexibility index (Phi) is 9.27. The Bertz CT molecular complexity index is 716. The van der Waals surface area contributed by atoms with Gasteiger partial charge in [-0.25, -0.2) is 13.2 Å².